The fraction of sp³-hybridized carbons (Fsp3) is 0.0952. The zero-order valence-corrected chi connectivity index (χ0v) is 15.8. The van der Waals surface area contributed by atoms with Crippen molar-refractivity contribution in [3.05, 3.63) is 88.4 Å². The van der Waals surface area contributed by atoms with Gasteiger partial charge in [0, 0.05) is 15.7 Å². The maximum absolute atomic E-state index is 12.4. The monoisotopic (exact) mass is 411 g/mol. The molecule has 1 amide bonds. The zero-order valence-electron chi connectivity index (χ0n) is 14.2. The first-order chi connectivity index (χ1) is 12.7. The van der Waals surface area contributed by atoms with Gasteiger partial charge in [0.25, 0.3) is 5.91 Å². The molecule has 0 aromatic heterocycles. The van der Waals surface area contributed by atoms with Crippen molar-refractivity contribution in [3.8, 4) is 11.5 Å². The van der Waals surface area contributed by atoms with Crippen LogP contribution < -0.4 is 14.8 Å². The molecule has 0 aliphatic rings. The van der Waals surface area contributed by atoms with Crippen LogP contribution >= 0.6 is 15.9 Å². The van der Waals surface area contributed by atoms with Crippen LogP contribution in [0.25, 0.3) is 0 Å². The average Bonchev–Trinajstić information content (AvgIpc) is 2.68. The molecule has 5 heteroatoms. The number of anilines is 1. The van der Waals surface area contributed by atoms with E-state index in [1.54, 1.807) is 25.3 Å². The highest BCUT2D eigenvalue weighted by Crippen LogP contribution is 2.29. The van der Waals surface area contributed by atoms with Crippen LogP contribution in [0, 0.1) is 0 Å². The van der Waals surface area contributed by atoms with Crippen LogP contribution in [0.4, 0.5) is 5.69 Å². The number of rotatable bonds is 6. The van der Waals surface area contributed by atoms with Crippen LogP contribution in [0.5, 0.6) is 11.5 Å². The molecule has 0 saturated heterocycles. The van der Waals surface area contributed by atoms with Crippen LogP contribution in [0.3, 0.4) is 0 Å². The van der Waals surface area contributed by atoms with Gasteiger partial charge >= 0.3 is 0 Å². The summed E-state index contributed by atoms with van der Waals surface area (Å²) in [7, 11) is 1.56. The largest absolute Gasteiger partial charge is 0.493 e. The number of hydrogen-bond donors (Lipinski definition) is 1. The van der Waals surface area contributed by atoms with E-state index < -0.39 is 0 Å². The third kappa shape index (κ3) is 4.64. The van der Waals surface area contributed by atoms with E-state index in [1.165, 1.54) is 0 Å². The molecule has 0 radical (unpaired) electrons. The van der Waals surface area contributed by atoms with Crippen molar-refractivity contribution in [2.45, 2.75) is 6.61 Å². The van der Waals surface area contributed by atoms with E-state index in [0.717, 1.165) is 15.7 Å². The number of nitrogens with one attached hydrogen (secondary N) is 1. The molecule has 26 heavy (non-hydrogen) atoms. The predicted molar refractivity (Wildman–Crippen MR) is 106 cm³/mol. The van der Waals surface area contributed by atoms with Crippen molar-refractivity contribution in [3.63, 3.8) is 0 Å². The molecule has 3 aromatic rings. The lowest BCUT2D eigenvalue weighted by atomic mass is 10.1. The third-order valence-electron chi connectivity index (χ3n) is 3.77. The fourth-order valence-electron chi connectivity index (χ4n) is 2.40. The first kappa shape index (κ1) is 18.0. The van der Waals surface area contributed by atoms with Gasteiger partial charge in [-0.15, -0.1) is 0 Å². The van der Waals surface area contributed by atoms with Crippen LogP contribution in [-0.4, -0.2) is 13.0 Å². The molecule has 0 unspecified atom stereocenters. The number of amides is 1. The first-order valence-corrected chi connectivity index (χ1v) is 8.86. The molecule has 1 N–H and O–H groups in total. The molecule has 0 atom stereocenters. The Hall–Kier alpha value is -2.79. The van der Waals surface area contributed by atoms with Crippen LogP contribution in [-0.2, 0) is 6.61 Å². The lowest BCUT2D eigenvalue weighted by molar-refractivity contribution is 0.102. The van der Waals surface area contributed by atoms with Gasteiger partial charge in [0.05, 0.1) is 7.11 Å². The molecule has 0 heterocycles. The Bertz CT molecular complexity index is 880. The molecule has 0 bridgehead atoms. The van der Waals surface area contributed by atoms with Gasteiger partial charge in [-0.25, -0.2) is 0 Å². The van der Waals surface area contributed by atoms with Crippen LogP contribution in [0.15, 0.2) is 77.3 Å². The van der Waals surface area contributed by atoms with Crippen molar-refractivity contribution in [2.75, 3.05) is 12.4 Å². The number of carbonyl (C=O) groups is 1. The van der Waals surface area contributed by atoms with E-state index in [4.69, 9.17) is 9.47 Å². The maximum Gasteiger partial charge on any atom is 0.255 e. The number of halogens is 1. The molecule has 132 valence electrons. The third-order valence-corrected chi connectivity index (χ3v) is 4.29. The number of benzene rings is 3. The summed E-state index contributed by atoms with van der Waals surface area (Å²) in [6.07, 6.45) is 0. The minimum atomic E-state index is -0.208. The Labute approximate surface area is 160 Å². The second-order valence-corrected chi connectivity index (χ2v) is 6.52. The highest BCUT2D eigenvalue weighted by atomic mass is 79.9. The first-order valence-electron chi connectivity index (χ1n) is 8.07. The van der Waals surface area contributed by atoms with Gasteiger partial charge in [-0.3, -0.25) is 4.79 Å². The summed E-state index contributed by atoms with van der Waals surface area (Å²) in [4.78, 5) is 12.4. The standard InChI is InChI=1S/C21H18BrNO3/c1-25-20-13-16(21(24)23-18-10-8-17(22)9-11-18)7-12-19(20)26-14-15-5-3-2-4-6-15/h2-13H,14H2,1H3,(H,23,24). The number of methoxy groups -OCH3 is 1. The predicted octanol–water partition coefficient (Wildman–Crippen LogP) is 5.29. The van der Waals surface area contributed by atoms with Gasteiger partial charge < -0.3 is 14.8 Å². The van der Waals surface area contributed by atoms with Crippen molar-refractivity contribution in [1.82, 2.24) is 0 Å². The summed E-state index contributed by atoms with van der Waals surface area (Å²) in [6.45, 7) is 0.432. The average molecular weight is 412 g/mol. The van der Waals surface area contributed by atoms with Crippen molar-refractivity contribution < 1.29 is 14.3 Å². The fourth-order valence-corrected chi connectivity index (χ4v) is 2.66. The van der Waals surface area contributed by atoms with Crippen LogP contribution in [0.2, 0.25) is 0 Å². The van der Waals surface area contributed by atoms with E-state index >= 15 is 0 Å². The Kier molecular flexibility index (Phi) is 5.92. The number of hydrogen-bond acceptors (Lipinski definition) is 3. The summed E-state index contributed by atoms with van der Waals surface area (Å²) in [6, 6.07) is 22.4. The molecule has 0 spiro atoms. The van der Waals surface area contributed by atoms with Gasteiger partial charge in [0.2, 0.25) is 0 Å². The van der Waals surface area contributed by atoms with E-state index in [0.29, 0.717) is 23.7 Å². The van der Waals surface area contributed by atoms with Crippen molar-refractivity contribution in [2.24, 2.45) is 0 Å². The van der Waals surface area contributed by atoms with Gasteiger partial charge in [0.15, 0.2) is 11.5 Å². The summed E-state index contributed by atoms with van der Waals surface area (Å²) < 4.78 is 12.2. The number of ether oxygens (including phenoxy) is 2. The van der Waals surface area contributed by atoms with Crippen molar-refractivity contribution in [1.29, 1.82) is 0 Å². The molecule has 4 nitrogen and oxygen atoms in total. The SMILES string of the molecule is COc1cc(C(=O)Nc2ccc(Br)cc2)ccc1OCc1ccccc1. The lowest BCUT2D eigenvalue weighted by Crippen LogP contribution is -2.12. The van der Waals surface area contributed by atoms with E-state index in [-0.39, 0.29) is 5.91 Å². The smallest absolute Gasteiger partial charge is 0.255 e. The minimum absolute atomic E-state index is 0.208. The zero-order chi connectivity index (χ0) is 18.4. The summed E-state index contributed by atoms with van der Waals surface area (Å²) >= 11 is 3.37. The molecule has 3 aromatic carbocycles. The summed E-state index contributed by atoms with van der Waals surface area (Å²) in [5, 5.41) is 2.86. The molecule has 0 aliphatic carbocycles. The van der Waals surface area contributed by atoms with Crippen LogP contribution in [0.1, 0.15) is 15.9 Å². The highest BCUT2D eigenvalue weighted by Gasteiger charge is 2.12. The Balaban J connectivity index is 1.71. The Morgan fingerprint density at radius 3 is 2.38 bits per heavy atom. The Morgan fingerprint density at radius 1 is 0.962 bits per heavy atom. The number of carbonyl (C=O) groups excluding carboxylic acids is 1. The Morgan fingerprint density at radius 2 is 1.69 bits per heavy atom. The van der Waals surface area contributed by atoms with E-state index in [9.17, 15) is 4.79 Å². The molecular formula is C21H18BrNO3. The van der Waals surface area contributed by atoms with Crippen molar-refractivity contribution >= 4 is 27.5 Å². The topological polar surface area (TPSA) is 47.6 Å². The summed E-state index contributed by atoms with van der Waals surface area (Å²) in [5.41, 5.74) is 2.28. The molecule has 0 aliphatic heterocycles. The maximum atomic E-state index is 12.4. The normalized spacial score (nSPS) is 10.2. The quantitative estimate of drug-likeness (QED) is 0.599. The molecule has 0 fully saturated rings. The second-order valence-electron chi connectivity index (χ2n) is 5.60. The minimum Gasteiger partial charge on any atom is -0.493 e. The van der Waals surface area contributed by atoms with Gasteiger partial charge in [-0.05, 0) is 48.0 Å². The molecule has 3 rings (SSSR count). The van der Waals surface area contributed by atoms with Gasteiger partial charge in [-0.1, -0.05) is 46.3 Å². The lowest BCUT2D eigenvalue weighted by Gasteiger charge is -2.12. The summed E-state index contributed by atoms with van der Waals surface area (Å²) in [5.74, 6) is 0.904. The van der Waals surface area contributed by atoms with E-state index in [2.05, 4.69) is 21.2 Å². The molecule has 0 saturated carbocycles. The van der Waals surface area contributed by atoms with Gasteiger partial charge in [0.1, 0.15) is 6.61 Å². The van der Waals surface area contributed by atoms with E-state index in [1.807, 2.05) is 54.6 Å². The molecular weight excluding hydrogens is 394 g/mol. The highest BCUT2D eigenvalue weighted by molar-refractivity contribution is 9.10. The second kappa shape index (κ2) is 8.54. The van der Waals surface area contributed by atoms with Gasteiger partial charge in [-0.2, -0.15) is 0 Å².